The number of benzene rings is 4. The van der Waals surface area contributed by atoms with E-state index in [1.165, 1.54) is 89.1 Å². The first-order valence-corrected chi connectivity index (χ1v) is 33.3. The molecule has 0 aliphatic carbocycles. The molecule has 0 saturated carbocycles. The van der Waals surface area contributed by atoms with Gasteiger partial charge in [0.05, 0.1) is 55.5 Å². The van der Waals surface area contributed by atoms with Crippen LogP contribution in [-0.2, 0) is 17.2 Å². The maximum atomic E-state index is 10.7. The third kappa shape index (κ3) is 31.6. The number of nitrogens with zero attached hydrogens (tertiary/aromatic N) is 4. The molecule has 13 nitrogen and oxygen atoms in total. The van der Waals surface area contributed by atoms with Crippen molar-refractivity contribution < 1.29 is 28.5 Å². The number of hydrogen-bond acceptors (Lipinski definition) is 14. The van der Waals surface area contributed by atoms with Gasteiger partial charge in [-0.1, -0.05) is 19.6 Å². The number of primary amides is 1. The van der Waals surface area contributed by atoms with Crippen molar-refractivity contribution in [1.29, 1.82) is 0 Å². The lowest BCUT2D eigenvalue weighted by atomic mass is 10.2. The molecule has 4 aromatic carbocycles. The first-order chi connectivity index (χ1) is 40.5. The summed E-state index contributed by atoms with van der Waals surface area (Å²) in [5, 5.41) is 9.50. The summed E-state index contributed by atoms with van der Waals surface area (Å²) in [7, 11) is 0. The van der Waals surface area contributed by atoms with E-state index in [4.69, 9.17) is 117 Å². The number of nitrogens with one attached hydrogen (secondary N) is 1. The Hall–Kier alpha value is -4.01. The maximum absolute atomic E-state index is 10.7. The Kier molecular flexibility index (Phi) is 40.8. The Bertz CT molecular complexity index is 2580. The Morgan fingerprint density at radius 3 is 1.25 bits per heavy atom. The number of ketones is 1. The number of alkyl halides is 6. The van der Waals surface area contributed by atoms with E-state index in [1.54, 1.807) is 46.9 Å². The minimum atomic E-state index is -0.433. The highest BCUT2D eigenvalue weighted by molar-refractivity contribution is 7.80. The first-order valence-electron chi connectivity index (χ1n) is 27.9. The van der Waals surface area contributed by atoms with Crippen LogP contribution in [0.2, 0.25) is 0 Å². The topological polar surface area (TPSA) is 167 Å². The molecule has 0 bridgehead atoms. The summed E-state index contributed by atoms with van der Waals surface area (Å²) in [6.07, 6.45) is 11.8. The molecule has 2 aromatic heterocycles. The number of thiazole rings is 2. The molecule has 1 amide bonds. The summed E-state index contributed by atoms with van der Waals surface area (Å²) in [5.74, 6) is 5.14. The summed E-state index contributed by atoms with van der Waals surface area (Å²) < 4.78 is 22.2. The lowest BCUT2D eigenvalue weighted by Crippen LogP contribution is -2.21. The molecule has 3 aliphatic rings. The predicted octanol–water partition coefficient (Wildman–Crippen LogP) is 15.0. The zero-order valence-electron chi connectivity index (χ0n) is 47.1. The number of rotatable bonds is 26. The normalized spacial score (nSPS) is 13.3. The molecule has 6 aromatic rings. The van der Waals surface area contributed by atoms with Gasteiger partial charge in [0.25, 0.3) is 0 Å². The largest absolute Gasteiger partial charge is 0.494 e. The van der Waals surface area contributed by atoms with Crippen LogP contribution in [0.1, 0.15) is 98.9 Å². The molecule has 84 heavy (non-hydrogen) atoms. The van der Waals surface area contributed by atoms with Crippen molar-refractivity contribution in [3.8, 4) is 44.1 Å². The lowest BCUT2D eigenvalue weighted by Gasteiger charge is -2.14. The van der Waals surface area contributed by atoms with Crippen molar-refractivity contribution in [2.45, 2.75) is 84.1 Å². The number of halogens is 6. The van der Waals surface area contributed by atoms with Crippen LogP contribution in [0.25, 0.3) is 21.1 Å². The standard InChI is InChI=1S/C21H29N3OS.C13H13Cl2NOS.C10H12ClNO2.C10H12ClNOS.C4H9N.C3H4Cl2O.CH4/c1-2-11-23(10-1)14-5-15-25-20-8-6-18(7-9-20)21-22-19(17-26-21)16-24-12-3-4-13-24;14-6-1-7-17-12-4-2-10(3-5-12)13-16-11(8-15)9-18-13;11-6-1-7-14-9-4-2-8(3-5-9)10(12)13;11-6-1-7-13-9-4-2-8(3-5-9)10(12)14;1-2-4-5-3-1;4-1-3(6)2-5;/h6-9,17H,1-5,10-16H2;2-5,9H,1,6-8H2;2-5H,1,6-7H2,(H2,12,13);2-5H,1,6-7H2,(H2,12,14);5H,1-4H2;1-2H2;1H4. The van der Waals surface area contributed by atoms with Gasteiger partial charge in [-0.2, -0.15) is 0 Å². The molecule has 0 unspecified atom stereocenters. The zero-order valence-corrected chi connectivity index (χ0v) is 54.1. The van der Waals surface area contributed by atoms with E-state index in [1.807, 2.05) is 53.9 Å². The molecule has 0 radical (unpaired) electrons. The molecule has 462 valence electrons. The van der Waals surface area contributed by atoms with Crippen molar-refractivity contribution in [2.24, 2.45) is 11.5 Å². The molecule has 0 atom stereocenters. The van der Waals surface area contributed by atoms with Gasteiger partial charge in [-0.15, -0.1) is 92.3 Å². The summed E-state index contributed by atoms with van der Waals surface area (Å²) in [6.45, 7) is 12.3. The minimum Gasteiger partial charge on any atom is -0.494 e. The van der Waals surface area contributed by atoms with E-state index in [0.29, 0.717) is 53.9 Å². The van der Waals surface area contributed by atoms with Crippen LogP contribution >= 0.6 is 104 Å². The summed E-state index contributed by atoms with van der Waals surface area (Å²) in [4.78, 5) is 35.3. The quantitative estimate of drug-likeness (QED) is 0.0267. The summed E-state index contributed by atoms with van der Waals surface area (Å²) >= 11 is 40.6. The molecule has 3 aliphatic heterocycles. The highest BCUT2D eigenvalue weighted by atomic mass is 35.5. The molecule has 5 heterocycles. The molecular formula is C62H83Cl6N7O6S3. The number of hydrogen-bond donors (Lipinski definition) is 3. The SMILES string of the molecule is C.C1CCNC1.ClCCCOc1ccc(-c2nc(CCl)cs2)cc1.NC(=O)c1ccc(OCCCCl)cc1.NC(=S)c1ccc(OCCCCl)cc1.O=C(CCl)CCl.c1cc(-c2nc(CN3CCCC3)cs2)ccc1OCCCN1CCCC1. The van der Waals surface area contributed by atoms with Crippen molar-refractivity contribution in [1.82, 2.24) is 25.1 Å². The zero-order chi connectivity index (χ0) is 59.7. The second-order valence-electron chi connectivity index (χ2n) is 18.9. The van der Waals surface area contributed by atoms with Gasteiger partial charge in [-0.05, 0) is 201 Å². The van der Waals surface area contributed by atoms with Crippen LogP contribution in [0.5, 0.6) is 23.0 Å². The van der Waals surface area contributed by atoms with E-state index in [9.17, 15) is 9.59 Å². The Balaban J connectivity index is 0.000000283. The van der Waals surface area contributed by atoms with Gasteiger partial charge >= 0.3 is 0 Å². The second-order valence-corrected chi connectivity index (χ2v) is 23.0. The van der Waals surface area contributed by atoms with Crippen LogP contribution in [0.4, 0.5) is 0 Å². The molecular weight excluding hydrogens is 1250 g/mol. The number of aromatic nitrogens is 2. The van der Waals surface area contributed by atoms with Gasteiger partial charge in [-0.3, -0.25) is 14.5 Å². The average Bonchev–Trinajstić information content (AvgIpc) is 4.60. The number of ether oxygens (including phenoxy) is 4. The number of Topliss-reactive ketones (excluding diaryl/α,β-unsaturated/α-hetero) is 1. The Labute approximate surface area is 542 Å². The van der Waals surface area contributed by atoms with Crippen LogP contribution in [-0.4, -0.2) is 138 Å². The highest BCUT2D eigenvalue weighted by Crippen LogP contribution is 2.28. The van der Waals surface area contributed by atoms with E-state index in [-0.39, 0.29) is 25.0 Å². The van der Waals surface area contributed by atoms with Gasteiger partial charge in [0, 0.05) is 63.7 Å². The fraction of sp³-hybridized carbons (Fsp3) is 0.468. The number of thiocarbonyl (C=S) groups is 1. The third-order valence-electron chi connectivity index (χ3n) is 12.3. The maximum Gasteiger partial charge on any atom is 0.248 e. The van der Waals surface area contributed by atoms with Crippen molar-refractivity contribution in [2.75, 3.05) is 102 Å². The summed E-state index contributed by atoms with van der Waals surface area (Å²) in [6, 6.07) is 30.4. The predicted molar refractivity (Wildman–Crippen MR) is 360 cm³/mol. The second kappa shape index (κ2) is 46.2. The van der Waals surface area contributed by atoms with Gasteiger partial charge in [0.15, 0.2) is 5.78 Å². The van der Waals surface area contributed by atoms with Gasteiger partial charge in [0.1, 0.15) is 38.0 Å². The molecule has 9 rings (SSSR count). The smallest absolute Gasteiger partial charge is 0.248 e. The van der Waals surface area contributed by atoms with Crippen LogP contribution < -0.4 is 35.7 Å². The average molecular weight is 1330 g/mol. The summed E-state index contributed by atoms with van der Waals surface area (Å²) in [5.41, 5.74) is 16.3. The number of likely N-dealkylation sites (tertiary alicyclic amines) is 2. The number of amides is 1. The number of nitrogens with two attached hydrogens (primary N) is 2. The highest BCUT2D eigenvalue weighted by Gasteiger charge is 2.15. The van der Waals surface area contributed by atoms with Crippen LogP contribution in [0, 0.1) is 0 Å². The third-order valence-corrected chi connectivity index (χ3v) is 16.1. The van der Waals surface area contributed by atoms with Gasteiger partial charge < -0.3 is 40.6 Å². The lowest BCUT2D eigenvalue weighted by molar-refractivity contribution is -0.114. The molecule has 5 N–H and O–H groups in total. The number of carbonyl (C=O) groups is 2. The monoisotopic (exact) mass is 1330 g/mol. The van der Waals surface area contributed by atoms with E-state index in [0.717, 1.165) is 95.2 Å². The van der Waals surface area contributed by atoms with E-state index in [2.05, 4.69) is 49.7 Å². The van der Waals surface area contributed by atoms with Crippen LogP contribution in [0.3, 0.4) is 0 Å². The molecule has 0 spiro atoms. The molecule has 3 saturated heterocycles. The van der Waals surface area contributed by atoms with Crippen molar-refractivity contribution in [3.63, 3.8) is 0 Å². The van der Waals surface area contributed by atoms with Gasteiger partial charge in [-0.25, -0.2) is 9.97 Å². The number of carbonyl (C=O) groups excluding carboxylic acids is 2. The minimum absolute atomic E-state index is 0. The van der Waals surface area contributed by atoms with Crippen LogP contribution in [0.15, 0.2) is 108 Å². The fourth-order valence-electron chi connectivity index (χ4n) is 7.88. The van der Waals surface area contributed by atoms with E-state index >= 15 is 0 Å². The van der Waals surface area contributed by atoms with E-state index < -0.39 is 5.91 Å². The first kappa shape index (κ1) is 74.2. The van der Waals surface area contributed by atoms with Crippen molar-refractivity contribution >= 4 is 121 Å². The van der Waals surface area contributed by atoms with Gasteiger partial charge in [0.2, 0.25) is 5.91 Å². The molecule has 22 heteroatoms. The molecule has 3 fully saturated rings. The van der Waals surface area contributed by atoms with Crippen molar-refractivity contribution in [3.05, 3.63) is 130 Å². The Morgan fingerprint density at radius 1 is 0.524 bits per heavy atom. The Morgan fingerprint density at radius 2 is 0.905 bits per heavy atom. The fourth-order valence-corrected chi connectivity index (χ4v) is 10.5.